The lowest BCUT2D eigenvalue weighted by Crippen LogP contribution is -2.33. The highest BCUT2D eigenvalue weighted by molar-refractivity contribution is 7.90. The van der Waals surface area contributed by atoms with Gasteiger partial charge >= 0.3 is 6.16 Å². The number of ether oxygens (including phenoxy) is 2. The molecule has 2 rings (SSSR count). The van der Waals surface area contributed by atoms with Crippen LogP contribution in [0.4, 0.5) is 9.18 Å². The van der Waals surface area contributed by atoms with E-state index >= 15 is 0 Å². The van der Waals surface area contributed by atoms with Crippen molar-refractivity contribution >= 4 is 22.1 Å². The normalized spacial score (nSPS) is 11.1. The first-order chi connectivity index (χ1) is 13.1. The maximum atomic E-state index is 12.9. The van der Waals surface area contributed by atoms with Gasteiger partial charge in [0, 0.05) is 12.3 Å². The molecule has 0 saturated heterocycles. The molecule has 0 bridgehead atoms. The number of aryl methyl sites for hydroxylation is 1. The number of nitrogens with zero attached hydrogens (tertiary/aromatic N) is 1. The van der Waals surface area contributed by atoms with Gasteiger partial charge in [0.05, 0.1) is 17.4 Å². The van der Waals surface area contributed by atoms with E-state index in [1.165, 1.54) is 36.4 Å². The summed E-state index contributed by atoms with van der Waals surface area (Å²) in [5, 5.41) is 0. The van der Waals surface area contributed by atoms with Crippen LogP contribution in [-0.4, -0.2) is 37.3 Å². The molecule has 8 nitrogen and oxygen atoms in total. The van der Waals surface area contributed by atoms with Crippen LogP contribution < -0.4 is 9.46 Å². The molecule has 2 aromatic rings. The van der Waals surface area contributed by atoms with Crippen molar-refractivity contribution in [2.24, 2.45) is 0 Å². The SMILES string of the molecule is CC(C)OC(=O)Oc1ccc(C(=O)NS(=O)(=O)CCc2ccc(F)cc2)cn1. The fourth-order valence-electron chi connectivity index (χ4n) is 2.03. The van der Waals surface area contributed by atoms with E-state index in [2.05, 4.69) is 4.98 Å². The lowest BCUT2D eigenvalue weighted by atomic mass is 10.2. The van der Waals surface area contributed by atoms with Crippen LogP contribution in [0.2, 0.25) is 0 Å². The Morgan fingerprint density at radius 3 is 2.39 bits per heavy atom. The predicted octanol–water partition coefficient (Wildman–Crippen LogP) is 2.45. The van der Waals surface area contributed by atoms with Gasteiger partial charge in [0.2, 0.25) is 15.9 Å². The average Bonchev–Trinajstić information content (AvgIpc) is 2.60. The van der Waals surface area contributed by atoms with Crippen molar-refractivity contribution < 1.29 is 31.9 Å². The standard InChI is InChI=1S/C18H19FN2O6S/c1-12(2)26-18(23)27-16-8-5-14(11-20-16)17(22)21-28(24,25)10-9-13-3-6-15(19)7-4-13/h3-8,11-12H,9-10H2,1-2H3,(H,21,22). The lowest BCUT2D eigenvalue weighted by molar-refractivity contribution is 0.0716. The van der Waals surface area contributed by atoms with Crippen molar-refractivity contribution in [2.75, 3.05) is 5.75 Å². The number of hydrogen-bond donors (Lipinski definition) is 1. The van der Waals surface area contributed by atoms with E-state index in [9.17, 15) is 22.4 Å². The molecule has 1 aromatic heterocycles. The number of rotatable bonds is 7. The summed E-state index contributed by atoms with van der Waals surface area (Å²) >= 11 is 0. The summed E-state index contributed by atoms with van der Waals surface area (Å²) in [5.41, 5.74) is 0.589. The van der Waals surface area contributed by atoms with Crippen molar-refractivity contribution in [3.8, 4) is 5.88 Å². The highest BCUT2D eigenvalue weighted by atomic mass is 32.2. The lowest BCUT2D eigenvalue weighted by Gasteiger charge is -2.09. The van der Waals surface area contributed by atoms with E-state index in [1.54, 1.807) is 13.8 Å². The summed E-state index contributed by atoms with van der Waals surface area (Å²) in [6, 6.07) is 7.90. The molecule has 0 atom stereocenters. The zero-order chi connectivity index (χ0) is 20.7. The molecule has 0 radical (unpaired) electrons. The Balaban J connectivity index is 1.91. The summed E-state index contributed by atoms with van der Waals surface area (Å²) in [6.45, 7) is 3.30. The largest absolute Gasteiger partial charge is 0.515 e. The molecule has 0 unspecified atom stereocenters. The van der Waals surface area contributed by atoms with Crippen molar-refractivity contribution in [1.82, 2.24) is 9.71 Å². The monoisotopic (exact) mass is 410 g/mol. The van der Waals surface area contributed by atoms with Crippen molar-refractivity contribution in [3.05, 3.63) is 59.5 Å². The van der Waals surface area contributed by atoms with Crippen LogP contribution in [0, 0.1) is 5.82 Å². The maximum absolute atomic E-state index is 12.9. The summed E-state index contributed by atoms with van der Waals surface area (Å²) in [5.74, 6) is -1.73. The molecule has 1 heterocycles. The molecule has 0 aliphatic rings. The first kappa shape index (κ1) is 21.3. The van der Waals surface area contributed by atoms with E-state index in [1.807, 2.05) is 4.72 Å². The van der Waals surface area contributed by atoms with E-state index in [-0.39, 0.29) is 29.7 Å². The quantitative estimate of drug-likeness (QED) is 0.698. The Bertz CT molecular complexity index is 928. The number of aromatic nitrogens is 1. The van der Waals surface area contributed by atoms with Gasteiger partial charge < -0.3 is 9.47 Å². The number of benzene rings is 1. The molecule has 0 aliphatic carbocycles. The topological polar surface area (TPSA) is 112 Å². The first-order valence-electron chi connectivity index (χ1n) is 8.28. The Labute approximate surface area is 161 Å². The number of pyridine rings is 1. The minimum atomic E-state index is -3.91. The minimum absolute atomic E-state index is 0.0325. The zero-order valence-electron chi connectivity index (χ0n) is 15.2. The minimum Gasteiger partial charge on any atom is -0.431 e. The van der Waals surface area contributed by atoms with E-state index in [0.717, 1.165) is 6.20 Å². The Morgan fingerprint density at radius 1 is 1.14 bits per heavy atom. The van der Waals surface area contributed by atoms with Crippen LogP contribution in [0.1, 0.15) is 29.8 Å². The number of carbonyl (C=O) groups excluding carboxylic acids is 2. The van der Waals surface area contributed by atoms with Gasteiger partial charge in [0.15, 0.2) is 0 Å². The third-order valence-corrected chi connectivity index (χ3v) is 4.58. The average molecular weight is 410 g/mol. The molecule has 0 aliphatic heterocycles. The summed E-state index contributed by atoms with van der Waals surface area (Å²) in [6.07, 6.45) is -0.116. The van der Waals surface area contributed by atoms with Gasteiger partial charge in [-0.2, -0.15) is 0 Å². The Hall–Kier alpha value is -3.01. The highest BCUT2D eigenvalue weighted by Gasteiger charge is 2.17. The third kappa shape index (κ3) is 6.95. The molecular weight excluding hydrogens is 391 g/mol. The number of hydrogen-bond acceptors (Lipinski definition) is 7. The summed E-state index contributed by atoms with van der Waals surface area (Å²) < 4.78 is 48.5. The van der Waals surface area contributed by atoms with Crippen LogP contribution in [0.15, 0.2) is 42.6 Å². The smallest absolute Gasteiger partial charge is 0.431 e. The second-order valence-corrected chi connectivity index (χ2v) is 7.87. The molecule has 0 saturated carbocycles. The van der Waals surface area contributed by atoms with Crippen LogP contribution >= 0.6 is 0 Å². The van der Waals surface area contributed by atoms with Crippen LogP contribution in [0.25, 0.3) is 0 Å². The van der Waals surface area contributed by atoms with E-state index in [0.29, 0.717) is 5.56 Å². The second kappa shape index (κ2) is 9.27. The predicted molar refractivity (Wildman–Crippen MR) is 97.8 cm³/mol. The van der Waals surface area contributed by atoms with Crippen molar-refractivity contribution in [2.45, 2.75) is 26.4 Å². The van der Waals surface area contributed by atoms with Crippen molar-refractivity contribution in [3.63, 3.8) is 0 Å². The van der Waals surface area contributed by atoms with Gasteiger partial charge in [-0.05, 0) is 44.0 Å². The molecule has 10 heteroatoms. The number of carbonyl (C=O) groups is 2. The van der Waals surface area contributed by atoms with Gasteiger partial charge in [-0.3, -0.25) is 4.79 Å². The molecule has 1 N–H and O–H groups in total. The zero-order valence-corrected chi connectivity index (χ0v) is 16.0. The Morgan fingerprint density at radius 2 is 1.82 bits per heavy atom. The number of nitrogens with one attached hydrogen (secondary N) is 1. The van der Waals surface area contributed by atoms with Crippen LogP contribution in [0.3, 0.4) is 0 Å². The molecule has 0 spiro atoms. The van der Waals surface area contributed by atoms with Crippen LogP contribution in [0.5, 0.6) is 5.88 Å². The molecule has 0 fully saturated rings. The van der Waals surface area contributed by atoms with Crippen molar-refractivity contribution in [1.29, 1.82) is 0 Å². The molecule has 1 amide bonds. The Kier molecular flexibility index (Phi) is 7.05. The second-order valence-electron chi connectivity index (χ2n) is 6.03. The maximum Gasteiger partial charge on any atom is 0.515 e. The van der Waals surface area contributed by atoms with Gasteiger partial charge in [-0.15, -0.1) is 0 Å². The van der Waals surface area contributed by atoms with Crippen LogP contribution in [-0.2, 0) is 21.2 Å². The molecule has 28 heavy (non-hydrogen) atoms. The summed E-state index contributed by atoms with van der Waals surface area (Å²) in [7, 11) is -3.91. The van der Waals surface area contributed by atoms with E-state index in [4.69, 9.17) is 9.47 Å². The van der Waals surface area contributed by atoms with Gasteiger partial charge in [-0.25, -0.2) is 27.3 Å². The molecular formula is C18H19FN2O6S. The molecule has 1 aromatic carbocycles. The molecule has 150 valence electrons. The highest BCUT2D eigenvalue weighted by Crippen LogP contribution is 2.10. The fourth-order valence-corrected chi connectivity index (χ4v) is 3.04. The summed E-state index contributed by atoms with van der Waals surface area (Å²) in [4.78, 5) is 27.2. The van der Waals surface area contributed by atoms with Gasteiger partial charge in [-0.1, -0.05) is 12.1 Å². The number of sulfonamides is 1. The van der Waals surface area contributed by atoms with Gasteiger partial charge in [0.1, 0.15) is 5.82 Å². The first-order valence-corrected chi connectivity index (χ1v) is 9.93. The van der Waals surface area contributed by atoms with Gasteiger partial charge in [0.25, 0.3) is 5.91 Å². The number of halogens is 1. The van der Waals surface area contributed by atoms with E-state index < -0.39 is 27.9 Å². The number of amides is 1. The fraction of sp³-hybridized carbons (Fsp3) is 0.278. The third-order valence-electron chi connectivity index (χ3n) is 3.34.